The summed E-state index contributed by atoms with van der Waals surface area (Å²) in [4.78, 5) is 11.4. The molecular formula is C13H10O. The van der Waals surface area contributed by atoms with Gasteiger partial charge in [0.1, 0.15) is 0 Å². The molecule has 0 heterocycles. The fourth-order valence-electron chi connectivity index (χ4n) is 2.34. The van der Waals surface area contributed by atoms with Gasteiger partial charge in [0.15, 0.2) is 5.78 Å². The van der Waals surface area contributed by atoms with E-state index in [1.54, 1.807) is 6.08 Å². The molecule has 3 rings (SSSR count). The predicted molar refractivity (Wildman–Crippen MR) is 55.6 cm³/mol. The van der Waals surface area contributed by atoms with E-state index in [9.17, 15) is 4.79 Å². The zero-order chi connectivity index (χ0) is 9.54. The van der Waals surface area contributed by atoms with Crippen LogP contribution < -0.4 is 0 Å². The Morgan fingerprint density at radius 1 is 1.07 bits per heavy atom. The lowest BCUT2D eigenvalue weighted by Crippen LogP contribution is -2.20. The summed E-state index contributed by atoms with van der Waals surface area (Å²) < 4.78 is 0. The Labute approximate surface area is 82.8 Å². The van der Waals surface area contributed by atoms with E-state index in [4.69, 9.17) is 0 Å². The van der Waals surface area contributed by atoms with Crippen molar-refractivity contribution in [2.75, 3.05) is 0 Å². The minimum absolute atomic E-state index is 0.226. The molecule has 14 heavy (non-hydrogen) atoms. The highest BCUT2D eigenvalue weighted by Gasteiger charge is 2.28. The fraction of sp³-hybridized carbons (Fsp3) is 0.154. The first-order valence-corrected chi connectivity index (χ1v) is 4.84. The third kappa shape index (κ3) is 0.987. The highest BCUT2D eigenvalue weighted by molar-refractivity contribution is 5.95. The molecule has 0 saturated heterocycles. The van der Waals surface area contributed by atoms with E-state index in [1.165, 1.54) is 11.1 Å². The van der Waals surface area contributed by atoms with E-state index in [0.717, 1.165) is 5.57 Å². The molecule has 68 valence electrons. The second-order valence-electron chi connectivity index (χ2n) is 3.85. The molecular weight excluding hydrogens is 172 g/mol. The average molecular weight is 182 g/mol. The van der Waals surface area contributed by atoms with E-state index in [0.29, 0.717) is 12.3 Å². The van der Waals surface area contributed by atoms with Crippen molar-refractivity contribution >= 4 is 5.78 Å². The number of allylic oxidation sites excluding steroid dienone is 10. The molecule has 0 aromatic carbocycles. The van der Waals surface area contributed by atoms with Gasteiger partial charge in [-0.3, -0.25) is 4.79 Å². The van der Waals surface area contributed by atoms with Crippen molar-refractivity contribution in [1.29, 1.82) is 0 Å². The second kappa shape index (κ2) is 2.68. The van der Waals surface area contributed by atoms with Gasteiger partial charge in [0.05, 0.1) is 0 Å². The Kier molecular flexibility index (Phi) is 1.48. The van der Waals surface area contributed by atoms with Gasteiger partial charge in [-0.05, 0) is 17.2 Å². The van der Waals surface area contributed by atoms with Crippen LogP contribution in [-0.4, -0.2) is 5.78 Å². The zero-order valence-electron chi connectivity index (χ0n) is 7.73. The Morgan fingerprint density at radius 3 is 2.79 bits per heavy atom. The highest BCUT2D eigenvalue weighted by atomic mass is 16.1. The topological polar surface area (TPSA) is 17.1 Å². The maximum atomic E-state index is 11.4. The maximum Gasteiger partial charge on any atom is 0.160 e. The van der Waals surface area contributed by atoms with Crippen LogP contribution in [-0.2, 0) is 4.79 Å². The van der Waals surface area contributed by atoms with Crippen LogP contribution in [0.25, 0.3) is 0 Å². The first kappa shape index (κ1) is 7.74. The van der Waals surface area contributed by atoms with Crippen LogP contribution in [0.5, 0.6) is 0 Å². The third-order valence-corrected chi connectivity index (χ3v) is 2.92. The van der Waals surface area contributed by atoms with Gasteiger partial charge in [0, 0.05) is 12.3 Å². The van der Waals surface area contributed by atoms with Crippen molar-refractivity contribution in [3.05, 3.63) is 59.3 Å². The molecule has 3 aliphatic rings. The number of hydrogen-bond acceptors (Lipinski definition) is 1. The highest BCUT2D eigenvalue weighted by Crippen LogP contribution is 2.39. The molecule has 3 aliphatic carbocycles. The fourth-order valence-corrected chi connectivity index (χ4v) is 2.34. The Bertz CT molecular complexity index is 456. The van der Waals surface area contributed by atoms with Crippen LogP contribution in [0.2, 0.25) is 0 Å². The van der Waals surface area contributed by atoms with Crippen LogP contribution in [0.4, 0.5) is 0 Å². The van der Waals surface area contributed by atoms with Gasteiger partial charge < -0.3 is 0 Å². The molecule has 1 atom stereocenters. The predicted octanol–water partition coefficient (Wildman–Crippen LogP) is 2.49. The van der Waals surface area contributed by atoms with Gasteiger partial charge in [-0.2, -0.15) is 0 Å². The van der Waals surface area contributed by atoms with Crippen LogP contribution in [0.15, 0.2) is 59.3 Å². The van der Waals surface area contributed by atoms with Crippen LogP contribution in [0.1, 0.15) is 6.42 Å². The van der Waals surface area contributed by atoms with Gasteiger partial charge in [0.25, 0.3) is 0 Å². The van der Waals surface area contributed by atoms with Gasteiger partial charge in [-0.25, -0.2) is 0 Å². The first-order chi connectivity index (χ1) is 6.84. The molecule has 0 radical (unpaired) electrons. The number of carbonyl (C=O) groups excluding carboxylic acids is 1. The normalized spacial score (nSPS) is 27.9. The maximum absolute atomic E-state index is 11.4. The van der Waals surface area contributed by atoms with Crippen molar-refractivity contribution < 1.29 is 4.79 Å². The van der Waals surface area contributed by atoms with Gasteiger partial charge >= 0.3 is 0 Å². The van der Waals surface area contributed by atoms with Gasteiger partial charge in [-0.1, -0.05) is 42.0 Å². The Balaban J connectivity index is 2.21. The molecule has 0 aliphatic heterocycles. The first-order valence-electron chi connectivity index (χ1n) is 4.84. The lowest BCUT2D eigenvalue weighted by Gasteiger charge is -2.30. The Morgan fingerprint density at radius 2 is 1.86 bits per heavy atom. The monoisotopic (exact) mass is 182 g/mol. The summed E-state index contributed by atoms with van der Waals surface area (Å²) in [7, 11) is 0. The number of ketones is 1. The largest absolute Gasteiger partial charge is 0.294 e. The van der Waals surface area contributed by atoms with E-state index >= 15 is 0 Å². The molecule has 0 bridgehead atoms. The Hall–Kier alpha value is -1.63. The summed E-state index contributed by atoms with van der Waals surface area (Å²) in [6.07, 6.45) is 14.8. The van der Waals surface area contributed by atoms with Crippen LogP contribution >= 0.6 is 0 Å². The quantitative estimate of drug-likeness (QED) is 0.562. The average Bonchev–Trinajstić information content (AvgIpc) is 2.18. The molecule has 1 nitrogen and oxygen atoms in total. The van der Waals surface area contributed by atoms with Crippen LogP contribution in [0, 0.1) is 5.92 Å². The van der Waals surface area contributed by atoms with Crippen molar-refractivity contribution in [2.45, 2.75) is 6.42 Å². The lowest BCUT2D eigenvalue weighted by atomic mass is 9.73. The molecule has 0 saturated carbocycles. The van der Waals surface area contributed by atoms with E-state index in [2.05, 4.69) is 18.2 Å². The molecule has 1 unspecified atom stereocenters. The summed E-state index contributed by atoms with van der Waals surface area (Å²) in [5.74, 6) is 0.589. The molecule has 0 amide bonds. The minimum atomic E-state index is 0.226. The molecule has 1 heteroatoms. The molecule has 0 aromatic rings. The van der Waals surface area contributed by atoms with Crippen molar-refractivity contribution in [1.82, 2.24) is 0 Å². The molecule has 0 spiro atoms. The minimum Gasteiger partial charge on any atom is -0.294 e. The lowest BCUT2D eigenvalue weighted by molar-refractivity contribution is -0.114. The number of rotatable bonds is 0. The molecule has 0 aromatic heterocycles. The number of hydrogen-bond donors (Lipinski definition) is 0. The summed E-state index contributed by atoms with van der Waals surface area (Å²) in [5, 5.41) is 0. The third-order valence-electron chi connectivity index (χ3n) is 2.92. The van der Waals surface area contributed by atoms with E-state index in [1.807, 2.05) is 18.2 Å². The smallest absolute Gasteiger partial charge is 0.160 e. The van der Waals surface area contributed by atoms with E-state index in [-0.39, 0.29) is 5.78 Å². The van der Waals surface area contributed by atoms with E-state index < -0.39 is 0 Å². The standard InChI is InChI=1S/C13H10O/c14-12-7-10-5-1-3-9-4-2-6-11(8-12)13(9)10/h1-7,13H,8H2. The summed E-state index contributed by atoms with van der Waals surface area (Å²) >= 11 is 0. The summed E-state index contributed by atoms with van der Waals surface area (Å²) in [5.41, 5.74) is 3.70. The van der Waals surface area contributed by atoms with Crippen molar-refractivity contribution in [3.63, 3.8) is 0 Å². The van der Waals surface area contributed by atoms with Crippen molar-refractivity contribution in [2.24, 2.45) is 5.92 Å². The summed E-state index contributed by atoms with van der Waals surface area (Å²) in [6.45, 7) is 0. The molecule has 0 fully saturated rings. The summed E-state index contributed by atoms with van der Waals surface area (Å²) in [6, 6.07) is 0. The SMILES string of the molecule is O=C1C=C2C=CC=C3C=CC=C(C1)C32. The number of carbonyl (C=O) groups is 1. The van der Waals surface area contributed by atoms with Crippen LogP contribution in [0.3, 0.4) is 0 Å². The van der Waals surface area contributed by atoms with Gasteiger partial charge in [0.2, 0.25) is 0 Å². The second-order valence-corrected chi connectivity index (χ2v) is 3.85. The zero-order valence-corrected chi connectivity index (χ0v) is 7.73. The van der Waals surface area contributed by atoms with Gasteiger partial charge in [-0.15, -0.1) is 0 Å². The molecule has 0 N–H and O–H groups in total. The van der Waals surface area contributed by atoms with Crippen molar-refractivity contribution in [3.8, 4) is 0 Å².